The number of aryl methyl sites for hydroxylation is 1. The van der Waals surface area contributed by atoms with Crippen molar-refractivity contribution in [1.29, 1.82) is 0 Å². The molecule has 2 aromatic rings. The molecule has 1 saturated carbocycles. The van der Waals surface area contributed by atoms with Gasteiger partial charge in [0.25, 0.3) is 5.91 Å². The molecule has 26 heavy (non-hydrogen) atoms. The fourth-order valence-corrected chi connectivity index (χ4v) is 2.70. The smallest absolute Gasteiger partial charge is 0.254 e. The number of carbonyl (C=O) groups is 2. The van der Waals surface area contributed by atoms with E-state index >= 15 is 0 Å². The summed E-state index contributed by atoms with van der Waals surface area (Å²) in [6, 6.07) is 5.26. The molecule has 1 unspecified atom stereocenters. The Bertz CT molecular complexity index is 842. The first-order valence-corrected chi connectivity index (χ1v) is 8.12. The van der Waals surface area contributed by atoms with Gasteiger partial charge in [0.05, 0.1) is 18.9 Å². The van der Waals surface area contributed by atoms with Crippen LogP contribution in [0.1, 0.15) is 33.8 Å². The number of nitrogens with zero attached hydrogens (tertiary/aromatic N) is 3. The predicted octanol–water partition coefficient (Wildman–Crippen LogP) is 2.46. The molecule has 1 aromatic heterocycles. The number of rotatable bonds is 5. The van der Waals surface area contributed by atoms with E-state index in [4.69, 9.17) is 0 Å². The van der Waals surface area contributed by atoms with Gasteiger partial charge < -0.3 is 4.90 Å². The highest BCUT2D eigenvalue weighted by Gasteiger charge is 2.41. The lowest BCUT2D eigenvalue weighted by atomic mass is 9.99. The van der Waals surface area contributed by atoms with E-state index in [9.17, 15) is 18.4 Å². The molecule has 0 saturated heterocycles. The zero-order valence-corrected chi connectivity index (χ0v) is 14.4. The van der Waals surface area contributed by atoms with Crippen molar-refractivity contribution in [1.82, 2.24) is 14.9 Å². The molecule has 2 atom stereocenters. The summed E-state index contributed by atoms with van der Waals surface area (Å²) in [5, 5.41) is 2.39. The molecule has 0 spiro atoms. The number of amides is 2. The van der Waals surface area contributed by atoms with Crippen LogP contribution in [-0.2, 0) is 4.79 Å². The van der Waals surface area contributed by atoms with Crippen molar-refractivity contribution in [3.8, 4) is 0 Å². The maximum Gasteiger partial charge on any atom is 0.254 e. The molecule has 136 valence electrons. The summed E-state index contributed by atoms with van der Waals surface area (Å²) < 4.78 is 26.3. The van der Waals surface area contributed by atoms with Crippen LogP contribution in [0.25, 0.3) is 0 Å². The van der Waals surface area contributed by atoms with E-state index in [0.717, 1.165) is 18.0 Å². The summed E-state index contributed by atoms with van der Waals surface area (Å²) in [6.45, 7) is 1.64. The Morgan fingerprint density at radius 2 is 1.96 bits per heavy atom. The van der Waals surface area contributed by atoms with Gasteiger partial charge in [-0.2, -0.15) is 0 Å². The summed E-state index contributed by atoms with van der Waals surface area (Å²) >= 11 is 0. The molecular formula is C18H18F2N4O2. The second kappa shape index (κ2) is 7.15. The zero-order chi connectivity index (χ0) is 18.8. The van der Waals surface area contributed by atoms with Gasteiger partial charge in [0.2, 0.25) is 11.9 Å². The van der Waals surface area contributed by atoms with Crippen LogP contribution in [0.2, 0.25) is 0 Å². The summed E-state index contributed by atoms with van der Waals surface area (Å²) in [5.41, 5.74) is 2.02. The number of halogens is 2. The fraction of sp³-hybridized carbons (Fsp3) is 0.333. The Kier molecular flexibility index (Phi) is 4.92. The third-order valence-corrected chi connectivity index (χ3v) is 4.15. The Hall–Kier alpha value is -2.90. The number of benzene rings is 1. The van der Waals surface area contributed by atoms with Crippen LogP contribution in [0.15, 0.2) is 30.6 Å². The Morgan fingerprint density at radius 1 is 1.31 bits per heavy atom. The second-order valence-corrected chi connectivity index (χ2v) is 6.38. The van der Waals surface area contributed by atoms with E-state index in [1.54, 1.807) is 12.1 Å². The largest absolute Gasteiger partial charge is 0.332 e. The first-order chi connectivity index (χ1) is 12.3. The molecule has 1 aliphatic carbocycles. The Labute approximate surface area is 149 Å². The molecule has 1 aliphatic rings. The van der Waals surface area contributed by atoms with Gasteiger partial charge in [0.15, 0.2) is 5.82 Å². The normalized spacial score (nSPS) is 18.3. The number of carbonyl (C=O) groups excluding carboxylic acids is 2. The van der Waals surface area contributed by atoms with Gasteiger partial charge in [-0.25, -0.2) is 18.7 Å². The van der Waals surface area contributed by atoms with Crippen molar-refractivity contribution in [2.24, 2.45) is 0 Å². The van der Waals surface area contributed by atoms with Crippen molar-refractivity contribution in [3.63, 3.8) is 0 Å². The molecule has 1 aromatic carbocycles. The van der Waals surface area contributed by atoms with Crippen LogP contribution < -0.4 is 5.32 Å². The highest BCUT2D eigenvalue weighted by molar-refractivity contribution is 5.99. The molecule has 8 heteroatoms. The first-order valence-electron chi connectivity index (χ1n) is 8.12. The number of likely N-dealkylation sites (N-methyl/N-ethyl adjacent to an activating group) is 1. The molecule has 0 aliphatic heterocycles. The van der Waals surface area contributed by atoms with E-state index in [1.165, 1.54) is 11.9 Å². The number of anilines is 1. The SMILES string of the molecule is Cc1ccc(C(=O)N(C)CC(=O)Nc2ncc(F)cn2)c(C2C[C@H]2F)c1. The molecule has 1 fully saturated rings. The average molecular weight is 360 g/mol. The van der Waals surface area contributed by atoms with Crippen LogP contribution in [0, 0.1) is 12.7 Å². The van der Waals surface area contributed by atoms with Crippen molar-refractivity contribution in [3.05, 3.63) is 53.1 Å². The summed E-state index contributed by atoms with van der Waals surface area (Å²) in [7, 11) is 1.48. The molecule has 6 nitrogen and oxygen atoms in total. The lowest BCUT2D eigenvalue weighted by Crippen LogP contribution is -2.35. The van der Waals surface area contributed by atoms with Crippen molar-refractivity contribution >= 4 is 17.8 Å². The van der Waals surface area contributed by atoms with Crippen molar-refractivity contribution < 1.29 is 18.4 Å². The van der Waals surface area contributed by atoms with Gasteiger partial charge in [0.1, 0.15) is 6.17 Å². The monoisotopic (exact) mass is 360 g/mol. The van der Waals surface area contributed by atoms with Crippen molar-refractivity contribution in [2.45, 2.75) is 25.4 Å². The average Bonchev–Trinajstić information content (AvgIpc) is 3.33. The topological polar surface area (TPSA) is 75.2 Å². The minimum absolute atomic E-state index is 0.0495. The maximum absolute atomic E-state index is 13.5. The summed E-state index contributed by atoms with van der Waals surface area (Å²) in [5.74, 6) is -1.81. The number of aromatic nitrogens is 2. The van der Waals surface area contributed by atoms with E-state index in [0.29, 0.717) is 17.5 Å². The van der Waals surface area contributed by atoms with Crippen LogP contribution in [0.3, 0.4) is 0 Å². The van der Waals surface area contributed by atoms with Crippen molar-refractivity contribution in [2.75, 3.05) is 18.9 Å². The lowest BCUT2D eigenvalue weighted by molar-refractivity contribution is -0.116. The third kappa shape index (κ3) is 4.01. The van der Waals surface area contributed by atoms with E-state index in [-0.39, 0.29) is 24.3 Å². The minimum atomic E-state index is -0.924. The fourth-order valence-electron chi connectivity index (χ4n) is 2.70. The Balaban J connectivity index is 1.68. The van der Waals surface area contributed by atoms with Gasteiger partial charge in [-0.05, 0) is 25.0 Å². The number of hydrogen-bond donors (Lipinski definition) is 1. The molecule has 1 N–H and O–H groups in total. The highest BCUT2D eigenvalue weighted by Crippen LogP contribution is 2.45. The number of alkyl halides is 1. The molecule has 2 amide bonds. The van der Waals surface area contributed by atoms with Gasteiger partial charge in [-0.1, -0.05) is 17.7 Å². The van der Waals surface area contributed by atoms with Gasteiger partial charge in [-0.3, -0.25) is 14.9 Å². The molecule has 0 radical (unpaired) electrons. The predicted molar refractivity (Wildman–Crippen MR) is 91.0 cm³/mol. The molecule has 3 rings (SSSR count). The second-order valence-electron chi connectivity index (χ2n) is 6.38. The highest BCUT2D eigenvalue weighted by atomic mass is 19.1. The number of nitrogens with one attached hydrogen (secondary N) is 1. The van der Waals surface area contributed by atoms with E-state index in [2.05, 4.69) is 15.3 Å². The van der Waals surface area contributed by atoms with Gasteiger partial charge >= 0.3 is 0 Å². The summed E-state index contributed by atoms with van der Waals surface area (Å²) in [4.78, 5) is 33.2. The number of hydrogen-bond acceptors (Lipinski definition) is 4. The Morgan fingerprint density at radius 3 is 2.58 bits per heavy atom. The van der Waals surface area contributed by atoms with E-state index in [1.807, 2.05) is 13.0 Å². The van der Waals surface area contributed by atoms with Crippen LogP contribution in [0.4, 0.5) is 14.7 Å². The van der Waals surface area contributed by atoms with E-state index < -0.39 is 17.9 Å². The van der Waals surface area contributed by atoms with Gasteiger partial charge in [-0.15, -0.1) is 0 Å². The molecular weight excluding hydrogens is 342 g/mol. The zero-order valence-electron chi connectivity index (χ0n) is 14.4. The van der Waals surface area contributed by atoms with Crippen LogP contribution in [-0.4, -0.2) is 46.4 Å². The van der Waals surface area contributed by atoms with Gasteiger partial charge in [0, 0.05) is 18.5 Å². The maximum atomic E-state index is 13.5. The van der Waals surface area contributed by atoms with Crippen LogP contribution in [0.5, 0.6) is 0 Å². The minimum Gasteiger partial charge on any atom is -0.332 e. The molecule has 1 heterocycles. The molecule has 0 bridgehead atoms. The standard InChI is InChI=1S/C18H18F2N4O2/c1-10-3-4-12(13(5-10)14-6-15(14)20)17(26)24(2)9-16(25)23-18-21-7-11(19)8-22-18/h3-5,7-8,14-15H,6,9H2,1-2H3,(H,21,22,23,25)/t14?,15-/m1/s1. The first kappa shape index (κ1) is 17.9. The third-order valence-electron chi connectivity index (χ3n) is 4.15. The quantitative estimate of drug-likeness (QED) is 0.889. The lowest BCUT2D eigenvalue weighted by Gasteiger charge is -2.19. The van der Waals surface area contributed by atoms with Crippen LogP contribution >= 0.6 is 0 Å². The summed E-state index contributed by atoms with van der Waals surface area (Å²) in [6.07, 6.45) is 1.35.